The lowest BCUT2D eigenvalue weighted by Crippen LogP contribution is -1.97. The van der Waals surface area contributed by atoms with Gasteiger partial charge in [0.2, 0.25) is 0 Å². The Labute approximate surface area is 134 Å². The summed E-state index contributed by atoms with van der Waals surface area (Å²) in [4.78, 5) is 4.63. The quantitative estimate of drug-likeness (QED) is 0.792. The van der Waals surface area contributed by atoms with Crippen LogP contribution in [0.1, 0.15) is 25.5 Å². The van der Waals surface area contributed by atoms with Crippen LogP contribution in [0.15, 0.2) is 28.8 Å². The molecule has 0 saturated heterocycles. The van der Waals surface area contributed by atoms with Gasteiger partial charge < -0.3 is 19.7 Å². The molecule has 120 valence electrons. The highest BCUT2D eigenvalue weighted by atomic mass is 16.5. The number of ether oxygens (including phenoxy) is 2. The van der Waals surface area contributed by atoms with E-state index in [1.165, 1.54) is 0 Å². The van der Waals surface area contributed by atoms with Crippen molar-refractivity contribution in [2.24, 2.45) is 0 Å². The third kappa shape index (κ3) is 2.67. The second kappa shape index (κ2) is 5.79. The highest BCUT2D eigenvalue weighted by molar-refractivity contribution is 5.98. The van der Waals surface area contributed by atoms with E-state index in [-0.39, 0.29) is 5.92 Å². The van der Waals surface area contributed by atoms with Crippen molar-refractivity contribution in [3.63, 3.8) is 0 Å². The second-order valence-electron chi connectivity index (χ2n) is 5.59. The Kier molecular flexibility index (Phi) is 3.82. The lowest BCUT2D eigenvalue weighted by Gasteiger charge is -2.11. The fourth-order valence-corrected chi connectivity index (χ4v) is 2.43. The summed E-state index contributed by atoms with van der Waals surface area (Å²) >= 11 is 0. The Morgan fingerprint density at radius 1 is 1.04 bits per heavy atom. The predicted molar refractivity (Wildman–Crippen MR) is 88.8 cm³/mol. The lowest BCUT2D eigenvalue weighted by molar-refractivity contribution is 0.373. The van der Waals surface area contributed by atoms with Crippen molar-refractivity contribution in [3.05, 3.63) is 30.0 Å². The Morgan fingerprint density at radius 2 is 1.83 bits per heavy atom. The molecule has 0 spiro atoms. The van der Waals surface area contributed by atoms with Crippen molar-refractivity contribution in [2.75, 3.05) is 20.0 Å². The van der Waals surface area contributed by atoms with Gasteiger partial charge >= 0.3 is 0 Å². The SMILES string of the molecule is COc1cc(OC)c2c(N)cc(-c3cc(C(C)C)on3)nc2c1. The molecule has 0 unspecified atom stereocenters. The molecule has 23 heavy (non-hydrogen) atoms. The number of hydrogen-bond donors (Lipinski definition) is 1. The molecule has 3 aromatic rings. The van der Waals surface area contributed by atoms with E-state index in [2.05, 4.69) is 10.1 Å². The third-order valence-corrected chi connectivity index (χ3v) is 3.69. The first kappa shape index (κ1) is 15.1. The van der Waals surface area contributed by atoms with Crippen LogP contribution in [0.4, 0.5) is 5.69 Å². The molecule has 6 heteroatoms. The molecule has 3 rings (SSSR count). The number of benzene rings is 1. The minimum absolute atomic E-state index is 0.259. The van der Waals surface area contributed by atoms with E-state index < -0.39 is 0 Å². The number of anilines is 1. The maximum atomic E-state index is 6.21. The summed E-state index contributed by atoms with van der Waals surface area (Å²) in [7, 11) is 3.19. The molecule has 0 saturated carbocycles. The number of aromatic nitrogens is 2. The number of methoxy groups -OCH3 is 2. The lowest BCUT2D eigenvalue weighted by atomic mass is 10.1. The first-order chi connectivity index (χ1) is 11.0. The van der Waals surface area contributed by atoms with E-state index in [0.29, 0.717) is 34.1 Å². The maximum Gasteiger partial charge on any atom is 0.139 e. The summed E-state index contributed by atoms with van der Waals surface area (Å²) in [6.07, 6.45) is 0. The average Bonchev–Trinajstić information content (AvgIpc) is 3.03. The molecule has 0 amide bonds. The van der Waals surface area contributed by atoms with Crippen LogP contribution in [0.25, 0.3) is 22.3 Å². The van der Waals surface area contributed by atoms with Crippen LogP contribution in [0.3, 0.4) is 0 Å². The van der Waals surface area contributed by atoms with E-state index in [1.807, 2.05) is 26.0 Å². The molecule has 0 atom stereocenters. The minimum atomic E-state index is 0.259. The van der Waals surface area contributed by atoms with Crippen molar-refractivity contribution >= 4 is 16.6 Å². The van der Waals surface area contributed by atoms with E-state index in [4.69, 9.17) is 19.7 Å². The molecule has 2 N–H and O–H groups in total. The van der Waals surface area contributed by atoms with Crippen LogP contribution in [0.5, 0.6) is 11.5 Å². The van der Waals surface area contributed by atoms with Crippen molar-refractivity contribution in [3.8, 4) is 22.9 Å². The average molecular weight is 313 g/mol. The van der Waals surface area contributed by atoms with Gasteiger partial charge in [0.25, 0.3) is 0 Å². The van der Waals surface area contributed by atoms with E-state index in [1.54, 1.807) is 26.4 Å². The smallest absolute Gasteiger partial charge is 0.139 e. The molecule has 0 radical (unpaired) electrons. The molecule has 6 nitrogen and oxygen atoms in total. The zero-order valence-corrected chi connectivity index (χ0v) is 13.6. The molecular formula is C17H19N3O3. The summed E-state index contributed by atoms with van der Waals surface area (Å²) < 4.78 is 16.0. The second-order valence-corrected chi connectivity index (χ2v) is 5.59. The van der Waals surface area contributed by atoms with Crippen LogP contribution in [0, 0.1) is 0 Å². The van der Waals surface area contributed by atoms with Gasteiger partial charge in [-0.1, -0.05) is 19.0 Å². The van der Waals surface area contributed by atoms with Crippen LogP contribution < -0.4 is 15.2 Å². The molecular weight excluding hydrogens is 294 g/mol. The minimum Gasteiger partial charge on any atom is -0.497 e. The van der Waals surface area contributed by atoms with Crippen LogP contribution >= 0.6 is 0 Å². The van der Waals surface area contributed by atoms with Gasteiger partial charge in [0.1, 0.15) is 23.0 Å². The van der Waals surface area contributed by atoms with Crippen molar-refractivity contribution < 1.29 is 14.0 Å². The summed E-state index contributed by atoms with van der Waals surface area (Å²) in [6, 6.07) is 7.27. The Hall–Kier alpha value is -2.76. The molecule has 0 aliphatic carbocycles. The monoisotopic (exact) mass is 313 g/mol. The van der Waals surface area contributed by atoms with Crippen molar-refractivity contribution in [2.45, 2.75) is 19.8 Å². The number of pyridine rings is 1. The van der Waals surface area contributed by atoms with Crippen LogP contribution in [-0.2, 0) is 0 Å². The van der Waals surface area contributed by atoms with E-state index in [9.17, 15) is 0 Å². The van der Waals surface area contributed by atoms with Gasteiger partial charge in [0.05, 0.1) is 30.8 Å². The number of rotatable bonds is 4. The van der Waals surface area contributed by atoms with Gasteiger partial charge in [-0.25, -0.2) is 4.98 Å². The molecule has 2 heterocycles. The summed E-state index contributed by atoms with van der Waals surface area (Å²) in [5, 5.41) is 4.84. The zero-order chi connectivity index (χ0) is 16.6. The van der Waals surface area contributed by atoms with Crippen molar-refractivity contribution in [1.29, 1.82) is 0 Å². The Bertz CT molecular complexity index is 856. The first-order valence-electron chi connectivity index (χ1n) is 7.32. The number of nitrogen functional groups attached to an aromatic ring is 1. The molecule has 0 aliphatic rings. The molecule has 0 fully saturated rings. The summed E-state index contributed by atoms with van der Waals surface area (Å²) in [6.45, 7) is 4.09. The third-order valence-electron chi connectivity index (χ3n) is 3.69. The Balaban J connectivity index is 2.19. The number of fused-ring (bicyclic) bond motifs is 1. The standard InChI is InChI=1S/C17H19N3O3/c1-9(2)15-8-13(20-23-15)12-7-11(18)17-14(19-12)5-10(21-3)6-16(17)22-4/h5-9H,1-4H3,(H2,18,19). The zero-order valence-electron chi connectivity index (χ0n) is 13.6. The topological polar surface area (TPSA) is 83.4 Å². The van der Waals surface area contributed by atoms with Gasteiger partial charge in [-0.2, -0.15) is 0 Å². The van der Waals surface area contributed by atoms with Crippen LogP contribution in [-0.4, -0.2) is 24.4 Å². The fourth-order valence-electron chi connectivity index (χ4n) is 2.43. The highest BCUT2D eigenvalue weighted by Gasteiger charge is 2.15. The van der Waals surface area contributed by atoms with Gasteiger partial charge in [0.15, 0.2) is 0 Å². The Morgan fingerprint density at radius 3 is 2.43 bits per heavy atom. The number of nitrogens with zero attached hydrogens (tertiary/aromatic N) is 2. The van der Waals surface area contributed by atoms with Gasteiger partial charge in [-0.05, 0) is 6.07 Å². The predicted octanol–water partition coefficient (Wildman–Crippen LogP) is 3.61. The molecule has 2 aromatic heterocycles. The summed E-state index contributed by atoms with van der Waals surface area (Å²) in [5.74, 6) is 2.35. The van der Waals surface area contributed by atoms with Crippen molar-refractivity contribution in [1.82, 2.24) is 10.1 Å². The van der Waals surface area contributed by atoms with E-state index >= 15 is 0 Å². The molecule has 0 aliphatic heterocycles. The normalized spacial score (nSPS) is 11.2. The number of hydrogen-bond acceptors (Lipinski definition) is 6. The van der Waals surface area contributed by atoms with Gasteiger partial charge in [-0.15, -0.1) is 0 Å². The molecule has 0 bridgehead atoms. The highest BCUT2D eigenvalue weighted by Crippen LogP contribution is 2.36. The molecule has 1 aromatic carbocycles. The van der Waals surface area contributed by atoms with Gasteiger partial charge in [-0.3, -0.25) is 0 Å². The first-order valence-corrected chi connectivity index (χ1v) is 7.32. The maximum absolute atomic E-state index is 6.21. The number of nitrogens with two attached hydrogens (primary N) is 1. The van der Waals surface area contributed by atoms with Crippen LogP contribution in [0.2, 0.25) is 0 Å². The van der Waals surface area contributed by atoms with E-state index in [0.717, 1.165) is 11.1 Å². The summed E-state index contributed by atoms with van der Waals surface area (Å²) in [5.41, 5.74) is 8.77. The van der Waals surface area contributed by atoms with Gasteiger partial charge in [0, 0.05) is 29.8 Å². The fraction of sp³-hybridized carbons (Fsp3) is 0.294. The largest absolute Gasteiger partial charge is 0.497 e.